The van der Waals surface area contributed by atoms with Gasteiger partial charge < -0.3 is 5.11 Å². The molecule has 0 saturated carbocycles. The number of aliphatic carboxylic acids is 1. The average Bonchev–Trinajstić information content (AvgIpc) is 2.15. The van der Waals surface area contributed by atoms with Crippen LogP contribution in [0.4, 0.5) is 8.78 Å². The highest BCUT2D eigenvalue weighted by Gasteiger charge is 2.27. The Bertz CT molecular complexity index is 422. The third kappa shape index (κ3) is 3.25. The van der Waals surface area contributed by atoms with Gasteiger partial charge in [-0.15, -0.1) is 0 Å². The number of alkyl halides is 1. The molecular formula is C13H16F2O2. The van der Waals surface area contributed by atoms with Gasteiger partial charge in [0.1, 0.15) is 11.5 Å². The molecule has 0 radical (unpaired) electrons. The Balaban J connectivity index is 3.16. The van der Waals surface area contributed by atoms with Gasteiger partial charge in [-0.1, -0.05) is 19.1 Å². The molecule has 94 valence electrons. The van der Waals surface area contributed by atoms with Crippen molar-refractivity contribution in [3.05, 3.63) is 35.1 Å². The molecule has 0 fully saturated rings. The van der Waals surface area contributed by atoms with E-state index < -0.39 is 23.4 Å². The molecule has 0 aliphatic carbocycles. The van der Waals surface area contributed by atoms with E-state index in [4.69, 9.17) is 5.11 Å². The second-order valence-corrected chi connectivity index (χ2v) is 4.69. The van der Waals surface area contributed by atoms with Crippen molar-refractivity contribution in [3.8, 4) is 0 Å². The highest BCUT2D eigenvalue weighted by molar-refractivity contribution is 5.70. The summed E-state index contributed by atoms with van der Waals surface area (Å²) in [5.74, 6) is -2.28. The molecule has 0 aromatic heterocycles. The topological polar surface area (TPSA) is 37.3 Å². The summed E-state index contributed by atoms with van der Waals surface area (Å²) in [6, 6.07) is 4.22. The van der Waals surface area contributed by atoms with E-state index in [2.05, 4.69) is 0 Å². The average molecular weight is 242 g/mol. The molecule has 0 amide bonds. The fraction of sp³-hybridized carbons (Fsp3) is 0.462. The minimum Gasteiger partial charge on any atom is -0.481 e. The number of hydrogen-bond donors (Lipinski definition) is 1. The number of carboxylic acids is 1. The molecule has 1 atom stereocenters. The molecule has 2 nitrogen and oxygen atoms in total. The predicted molar refractivity (Wildman–Crippen MR) is 61.0 cm³/mol. The maximum Gasteiger partial charge on any atom is 0.306 e. The molecule has 1 rings (SSSR count). The van der Waals surface area contributed by atoms with E-state index in [1.807, 2.05) is 0 Å². The van der Waals surface area contributed by atoms with Crippen molar-refractivity contribution in [2.45, 2.75) is 32.9 Å². The van der Waals surface area contributed by atoms with Crippen LogP contribution in [0.1, 0.15) is 31.9 Å². The van der Waals surface area contributed by atoms with Crippen LogP contribution >= 0.6 is 0 Å². The van der Waals surface area contributed by atoms with Crippen molar-refractivity contribution in [2.75, 3.05) is 0 Å². The molecule has 0 bridgehead atoms. The maximum atomic E-state index is 13.9. The highest BCUT2D eigenvalue weighted by Crippen LogP contribution is 2.31. The number of rotatable bonds is 4. The molecule has 0 aliphatic heterocycles. The van der Waals surface area contributed by atoms with E-state index in [9.17, 15) is 13.6 Å². The number of carboxylic acid groups (broad SMARTS) is 1. The van der Waals surface area contributed by atoms with Crippen molar-refractivity contribution < 1.29 is 18.7 Å². The Kier molecular flexibility index (Phi) is 3.86. The van der Waals surface area contributed by atoms with Gasteiger partial charge in [-0.2, -0.15) is 0 Å². The van der Waals surface area contributed by atoms with Gasteiger partial charge in [-0.3, -0.25) is 4.79 Å². The van der Waals surface area contributed by atoms with Crippen molar-refractivity contribution >= 4 is 5.97 Å². The van der Waals surface area contributed by atoms with Gasteiger partial charge >= 0.3 is 5.97 Å². The molecule has 1 aromatic carbocycles. The standard InChI is InChI=1S/C13H16F2O2/c1-8(12(16)17)7-9-5-4-6-10(14)11(9)13(2,3)15/h4-6,8H,7H2,1-3H3,(H,16,17). The smallest absolute Gasteiger partial charge is 0.306 e. The second kappa shape index (κ2) is 4.82. The van der Waals surface area contributed by atoms with Crippen molar-refractivity contribution in [1.82, 2.24) is 0 Å². The lowest BCUT2D eigenvalue weighted by molar-refractivity contribution is -0.141. The van der Waals surface area contributed by atoms with Gasteiger partial charge in [0.05, 0.1) is 5.92 Å². The lowest BCUT2D eigenvalue weighted by Crippen LogP contribution is -2.19. The number of benzene rings is 1. The Labute approximate surface area is 99.3 Å². The fourth-order valence-electron chi connectivity index (χ4n) is 1.82. The Morgan fingerprint density at radius 2 is 2.06 bits per heavy atom. The van der Waals surface area contributed by atoms with Crippen LogP contribution in [-0.2, 0) is 16.9 Å². The van der Waals surface area contributed by atoms with Crippen LogP contribution in [0.15, 0.2) is 18.2 Å². The molecule has 0 spiro atoms. The monoisotopic (exact) mass is 242 g/mol. The highest BCUT2D eigenvalue weighted by atomic mass is 19.1. The van der Waals surface area contributed by atoms with Crippen LogP contribution in [0.5, 0.6) is 0 Å². The summed E-state index contributed by atoms with van der Waals surface area (Å²) in [5.41, 5.74) is -1.46. The molecule has 1 aromatic rings. The molecule has 1 unspecified atom stereocenters. The van der Waals surface area contributed by atoms with E-state index in [0.29, 0.717) is 5.56 Å². The Morgan fingerprint density at radius 3 is 2.53 bits per heavy atom. The molecule has 0 heterocycles. The van der Waals surface area contributed by atoms with Crippen LogP contribution < -0.4 is 0 Å². The normalized spacial score (nSPS) is 13.5. The molecule has 1 N–H and O–H groups in total. The summed E-state index contributed by atoms with van der Waals surface area (Å²) < 4.78 is 27.5. The Morgan fingerprint density at radius 1 is 1.47 bits per heavy atom. The lowest BCUT2D eigenvalue weighted by atomic mass is 9.89. The van der Waals surface area contributed by atoms with Gasteiger partial charge in [0.25, 0.3) is 0 Å². The minimum atomic E-state index is -1.82. The zero-order chi connectivity index (χ0) is 13.2. The van der Waals surface area contributed by atoms with E-state index in [0.717, 1.165) is 0 Å². The first-order chi connectivity index (χ1) is 7.73. The molecule has 4 heteroatoms. The summed E-state index contributed by atoms with van der Waals surface area (Å²) in [4.78, 5) is 10.8. The van der Waals surface area contributed by atoms with Crippen molar-refractivity contribution in [3.63, 3.8) is 0 Å². The largest absolute Gasteiger partial charge is 0.481 e. The molecular weight excluding hydrogens is 226 g/mol. The first-order valence-corrected chi connectivity index (χ1v) is 5.43. The summed E-state index contributed by atoms with van der Waals surface area (Å²) >= 11 is 0. The van der Waals surface area contributed by atoms with Crippen LogP contribution in [0.25, 0.3) is 0 Å². The van der Waals surface area contributed by atoms with Gasteiger partial charge in [0.15, 0.2) is 0 Å². The van der Waals surface area contributed by atoms with E-state index in [-0.39, 0.29) is 12.0 Å². The van der Waals surface area contributed by atoms with Crippen LogP contribution in [0, 0.1) is 11.7 Å². The molecule has 0 aliphatic rings. The third-order valence-corrected chi connectivity index (χ3v) is 2.64. The summed E-state index contributed by atoms with van der Waals surface area (Å²) in [6.45, 7) is 4.04. The lowest BCUT2D eigenvalue weighted by Gasteiger charge is -2.20. The second-order valence-electron chi connectivity index (χ2n) is 4.69. The van der Waals surface area contributed by atoms with Crippen LogP contribution in [-0.4, -0.2) is 11.1 Å². The maximum absolute atomic E-state index is 13.9. The first kappa shape index (κ1) is 13.6. The molecule has 0 saturated heterocycles. The summed E-state index contributed by atoms with van der Waals surface area (Å²) in [7, 11) is 0. The number of halogens is 2. The third-order valence-electron chi connectivity index (χ3n) is 2.64. The quantitative estimate of drug-likeness (QED) is 0.879. The molecule has 17 heavy (non-hydrogen) atoms. The number of hydrogen-bond acceptors (Lipinski definition) is 1. The zero-order valence-corrected chi connectivity index (χ0v) is 10.1. The fourth-order valence-corrected chi connectivity index (χ4v) is 1.82. The van der Waals surface area contributed by atoms with Gasteiger partial charge in [0.2, 0.25) is 0 Å². The van der Waals surface area contributed by atoms with Crippen LogP contribution in [0.2, 0.25) is 0 Å². The van der Waals surface area contributed by atoms with Crippen molar-refractivity contribution in [1.29, 1.82) is 0 Å². The SMILES string of the molecule is CC(Cc1cccc(F)c1C(C)(C)F)C(=O)O. The Hall–Kier alpha value is -1.45. The van der Waals surface area contributed by atoms with Crippen LogP contribution in [0.3, 0.4) is 0 Å². The van der Waals surface area contributed by atoms with Gasteiger partial charge in [-0.05, 0) is 31.9 Å². The van der Waals surface area contributed by atoms with E-state index in [1.165, 1.54) is 32.9 Å². The van der Waals surface area contributed by atoms with E-state index in [1.54, 1.807) is 6.07 Å². The minimum absolute atomic E-state index is 0.0481. The summed E-state index contributed by atoms with van der Waals surface area (Å²) in [6.07, 6.45) is 0.121. The van der Waals surface area contributed by atoms with Gasteiger partial charge in [-0.25, -0.2) is 8.78 Å². The van der Waals surface area contributed by atoms with E-state index >= 15 is 0 Å². The number of carbonyl (C=O) groups is 1. The zero-order valence-electron chi connectivity index (χ0n) is 10.1. The van der Waals surface area contributed by atoms with Gasteiger partial charge in [0, 0.05) is 5.56 Å². The van der Waals surface area contributed by atoms with Crippen molar-refractivity contribution in [2.24, 2.45) is 5.92 Å². The predicted octanol–water partition coefficient (Wildman–Crippen LogP) is 3.29. The summed E-state index contributed by atoms with van der Waals surface area (Å²) in [5, 5.41) is 8.82. The first-order valence-electron chi connectivity index (χ1n) is 5.43.